The largest absolute Gasteiger partial charge is 0.305 e. The normalized spacial score (nSPS) is 11.1. The van der Waals surface area contributed by atoms with Crippen LogP contribution in [0.2, 0.25) is 0 Å². The van der Waals surface area contributed by atoms with Gasteiger partial charge in [-0.3, -0.25) is 0 Å². The third-order valence-electron chi connectivity index (χ3n) is 2.96. The molecule has 1 aromatic rings. The summed E-state index contributed by atoms with van der Waals surface area (Å²) in [6, 6.07) is 4.71. The number of aryl methyl sites for hydroxylation is 2. The molecule has 0 unspecified atom stereocenters. The molecule has 1 aromatic carbocycles. The standard InChI is InChI=1S/C14H23N/c1-6-12-8-13(7-2)11(3)14(9-12)10-15(4)5/h8-9H,6-7,10H2,1-5H3. The molecule has 0 amide bonds. The molecule has 0 aromatic heterocycles. The first-order valence-electron chi connectivity index (χ1n) is 5.84. The summed E-state index contributed by atoms with van der Waals surface area (Å²) in [7, 11) is 4.26. The van der Waals surface area contributed by atoms with Gasteiger partial charge in [0.05, 0.1) is 0 Å². The van der Waals surface area contributed by atoms with Gasteiger partial charge in [-0.1, -0.05) is 26.0 Å². The van der Waals surface area contributed by atoms with E-state index in [0.29, 0.717) is 0 Å². The second-order valence-corrected chi connectivity index (χ2v) is 4.48. The van der Waals surface area contributed by atoms with Crippen LogP contribution in [0.4, 0.5) is 0 Å². The molecule has 0 atom stereocenters. The number of nitrogens with zero attached hydrogens (tertiary/aromatic N) is 1. The Morgan fingerprint density at radius 3 is 2.07 bits per heavy atom. The Morgan fingerprint density at radius 2 is 1.60 bits per heavy atom. The predicted molar refractivity (Wildman–Crippen MR) is 67.3 cm³/mol. The van der Waals surface area contributed by atoms with Gasteiger partial charge < -0.3 is 4.90 Å². The molecule has 15 heavy (non-hydrogen) atoms. The van der Waals surface area contributed by atoms with Gasteiger partial charge in [-0.05, 0) is 56.1 Å². The van der Waals surface area contributed by atoms with Crippen molar-refractivity contribution in [1.82, 2.24) is 4.90 Å². The molecule has 0 N–H and O–H groups in total. The summed E-state index contributed by atoms with van der Waals surface area (Å²) >= 11 is 0. The Kier molecular flexibility index (Phi) is 4.34. The lowest BCUT2D eigenvalue weighted by Gasteiger charge is -2.16. The number of rotatable bonds is 4. The fourth-order valence-corrected chi connectivity index (χ4v) is 1.99. The van der Waals surface area contributed by atoms with Crippen molar-refractivity contribution in [3.8, 4) is 0 Å². The highest BCUT2D eigenvalue weighted by atomic mass is 15.0. The molecular weight excluding hydrogens is 182 g/mol. The fourth-order valence-electron chi connectivity index (χ4n) is 1.99. The Morgan fingerprint density at radius 1 is 1.00 bits per heavy atom. The van der Waals surface area contributed by atoms with Crippen LogP contribution in [0.15, 0.2) is 12.1 Å². The zero-order chi connectivity index (χ0) is 11.4. The van der Waals surface area contributed by atoms with Crippen LogP contribution in [0.3, 0.4) is 0 Å². The van der Waals surface area contributed by atoms with Gasteiger partial charge in [0.1, 0.15) is 0 Å². The van der Waals surface area contributed by atoms with Crippen LogP contribution in [0.5, 0.6) is 0 Å². The molecule has 0 aliphatic carbocycles. The van der Waals surface area contributed by atoms with Crippen LogP contribution in [0, 0.1) is 6.92 Å². The molecule has 1 heteroatoms. The molecule has 1 rings (SSSR count). The summed E-state index contributed by atoms with van der Waals surface area (Å²) in [4.78, 5) is 2.24. The minimum atomic E-state index is 1.05. The van der Waals surface area contributed by atoms with Gasteiger partial charge in [-0.25, -0.2) is 0 Å². The molecule has 0 fully saturated rings. The van der Waals surface area contributed by atoms with Crippen LogP contribution in [0.1, 0.15) is 36.1 Å². The molecule has 0 radical (unpaired) electrons. The van der Waals surface area contributed by atoms with Crippen LogP contribution in [0.25, 0.3) is 0 Å². The number of hydrogen-bond donors (Lipinski definition) is 0. The monoisotopic (exact) mass is 205 g/mol. The maximum Gasteiger partial charge on any atom is 0.0230 e. The van der Waals surface area contributed by atoms with Crippen molar-refractivity contribution in [2.24, 2.45) is 0 Å². The van der Waals surface area contributed by atoms with Crippen LogP contribution in [-0.2, 0) is 19.4 Å². The zero-order valence-corrected chi connectivity index (χ0v) is 10.7. The average molecular weight is 205 g/mol. The van der Waals surface area contributed by atoms with Crippen molar-refractivity contribution in [2.75, 3.05) is 14.1 Å². The highest BCUT2D eigenvalue weighted by molar-refractivity contribution is 5.38. The average Bonchev–Trinajstić information content (AvgIpc) is 2.20. The van der Waals surface area contributed by atoms with E-state index in [9.17, 15) is 0 Å². The number of benzene rings is 1. The van der Waals surface area contributed by atoms with E-state index in [0.717, 1.165) is 19.4 Å². The maximum atomic E-state index is 2.36. The van der Waals surface area contributed by atoms with Crippen molar-refractivity contribution in [3.63, 3.8) is 0 Å². The quantitative estimate of drug-likeness (QED) is 0.729. The SMILES string of the molecule is CCc1cc(CC)c(C)c(CN(C)C)c1. The van der Waals surface area contributed by atoms with Crippen molar-refractivity contribution < 1.29 is 0 Å². The van der Waals surface area contributed by atoms with Gasteiger partial charge in [-0.2, -0.15) is 0 Å². The van der Waals surface area contributed by atoms with E-state index >= 15 is 0 Å². The molecule has 0 aliphatic rings. The fraction of sp³-hybridized carbons (Fsp3) is 0.571. The van der Waals surface area contributed by atoms with E-state index in [1.807, 2.05) is 0 Å². The molecule has 1 nitrogen and oxygen atoms in total. The Balaban J connectivity index is 3.12. The van der Waals surface area contributed by atoms with Crippen LogP contribution >= 0.6 is 0 Å². The Bertz CT molecular complexity index is 326. The van der Waals surface area contributed by atoms with Gasteiger partial charge in [0.2, 0.25) is 0 Å². The summed E-state index contributed by atoms with van der Waals surface area (Å²) in [5.74, 6) is 0. The zero-order valence-electron chi connectivity index (χ0n) is 10.7. The van der Waals surface area contributed by atoms with Crippen molar-refractivity contribution in [2.45, 2.75) is 40.2 Å². The summed E-state index contributed by atoms with van der Waals surface area (Å²) in [6.07, 6.45) is 2.27. The summed E-state index contributed by atoms with van der Waals surface area (Å²) in [5, 5.41) is 0. The van der Waals surface area contributed by atoms with Crippen molar-refractivity contribution >= 4 is 0 Å². The van der Waals surface area contributed by atoms with E-state index < -0.39 is 0 Å². The van der Waals surface area contributed by atoms with Crippen molar-refractivity contribution in [1.29, 1.82) is 0 Å². The third-order valence-corrected chi connectivity index (χ3v) is 2.96. The predicted octanol–water partition coefficient (Wildman–Crippen LogP) is 3.18. The smallest absolute Gasteiger partial charge is 0.0230 e. The first-order valence-corrected chi connectivity index (χ1v) is 5.84. The lowest BCUT2D eigenvalue weighted by atomic mass is 9.96. The molecular formula is C14H23N. The van der Waals surface area contributed by atoms with Crippen LogP contribution in [-0.4, -0.2) is 19.0 Å². The van der Waals surface area contributed by atoms with Gasteiger partial charge >= 0.3 is 0 Å². The molecule has 84 valence electrons. The van der Waals surface area contributed by atoms with E-state index in [1.54, 1.807) is 0 Å². The first kappa shape index (κ1) is 12.3. The maximum absolute atomic E-state index is 2.36. The van der Waals surface area contributed by atoms with E-state index in [2.05, 4.69) is 51.9 Å². The minimum absolute atomic E-state index is 1.05. The van der Waals surface area contributed by atoms with Gasteiger partial charge in [-0.15, -0.1) is 0 Å². The molecule has 0 bridgehead atoms. The third kappa shape index (κ3) is 3.07. The van der Waals surface area contributed by atoms with E-state index in [1.165, 1.54) is 22.3 Å². The molecule has 0 aliphatic heterocycles. The molecule has 0 saturated carbocycles. The summed E-state index contributed by atoms with van der Waals surface area (Å²) < 4.78 is 0. The number of hydrogen-bond acceptors (Lipinski definition) is 1. The highest BCUT2D eigenvalue weighted by Crippen LogP contribution is 2.19. The highest BCUT2D eigenvalue weighted by Gasteiger charge is 2.06. The van der Waals surface area contributed by atoms with Gasteiger partial charge in [0.15, 0.2) is 0 Å². The minimum Gasteiger partial charge on any atom is -0.305 e. The Labute approximate surface area is 94.1 Å². The van der Waals surface area contributed by atoms with E-state index in [4.69, 9.17) is 0 Å². The van der Waals surface area contributed by atoms with Gasteiger partial charge in [0.25, 0.3) is 0 Å². The molecule has 0 saturated heterocycles. The van der Waals surface area contributed by atoms with Gasteiger partial charge in [0, 0.05) is 6.54 Å². The molecule has 0 heterocycles. The summed E-state index contributed by atoms with van der Waals surface area (Å²) in [5.41, 5.74) is 5.93. The van der Waals surface area contributed by atoms with E-state index in [-0.39, 0.29) is 0 Å². The second-order valence-electron chi connectivity index (χ2n) is 4.48. The lowest BCUT2D eigenvalue weighted by Crippen LogP contribution is -2.12. The second kappa shape index (κ2) is 5.32. The van der Waals surface area contributed by atoms with Crippen LogP contribution < -0.4 is 0 Å². The Hall–Kier alpha value is -0.820. The summed E-state index contributed by atoms with van der Waals surface area (Å²) in [6.45, 7) is 7.76. The topological polar surface area (TPSA) is 3.24 Å². The lowest BCUT2D eigenvalue weighted by molar-refractivity contribution is 0.401. The molecule has 0 spiro atoms. The first-order chi connectivity index (χ1) is 7.08. The van der Waals surface area contributed by atoms with Crippen molar-refractivity contribution in [3.05, 3.63) is 34.4 Å².